The molecule has 0 aliphatic carbocycles. The lowest BCUT2D eigenvalue weighted by Crippen LogP contribution is -2.21. The van der Waals surface area contributed by atoms with Crippen molar-refractivity contribution in [3.05, 3.63) is 62.8 Å². The Balaban J connectivity index is 2.13. The van der Waals surface area contributed by atoms with E-state index in [9.17, 15) is 20.0 Å². The fourth-order valence-electron chi connectivity index (χ4n) is 2.55. The fraction of sp³-hybridized carbons (Fsp3) is 0.118. The molecule has 0 aliphatic heterocycles. The van der Waals surface area contributed by atoms with Gasteiger partial charge in [-0.15, -0.1) is 11.7 Å². The number of benzene rings is 1. The predicted octanol–water partition coefficient (Wildman–Crippen LogP) is 2.50. The second kappa shape index (κ2) is 6.52. The third-order valence-electron chi connectivity index (χ3n) is 3.85. The standard InChI is InChI=1S/C17H14N6O3/c1-3-6-23-15(24)11(8-18)9(2)14(16(23)25)22-21-10-4-5-12-13(7-10)20-17(26)19-12/h3-5,7,24H,1,6H2,2H3,(H2,19,20,26). The molecule has 0 spiro atoms. The van der Waals surface area contributed by atoms with Crippen LogP contribution in [0.15, 0.2) is 50.7 Å². The van der Waals surface area contributed by atoms with Gasteiger partial charge in [-0.3, -0.25) is 9.36 Å². The number of aromatic hydroxyl groups is 1. The Morgan fingerprint density at radius 1 is 1.31 bits per heavy atom. The Labute approximate surface area is 146 Å². The summed E-state index contributed by atoms with van der Waals surface area (Å²) < 4.78 is 1.000. The number of nitrogens with one attached hydrogen (secondary N) is 2. The van der Waals surface area contributed by atoms with E-state index >= 15 is 0 Å². The first-order chi connectivity index (χ1) is 12.5. The van der Waals surface area contributed by atoms with E-state index in [-0.39, 0.29) is 29.0 Å². The van der Waals surface area contributed by atoms with Gasteiger partial charge in [-0.1, -0.05) is 6.08 Å². The minimum absolute atomic E-state index is 0.0265. The van der Waals surface area contributed by atoms with Crippen molar-refractivity contribution in [1.29, 1.82) is 5.26 Å². The van der Waals surface area contributed by atoms with Crippen LogP contribution in [0.5, 0.6) is 5.88 Å². The number of fused-ring (bicyclic) bond motifs is 1. The molecular weight excluding hydrogens is 336 g/mol. The molecule has 9 heteroatoms. The number of pyridine rings is 1. The smallest absolute Gasteiger partial charge is 0.323 e. The van der Waals surface area contributed by atoms with Crippen LogP contribution in [0.4, 0.5) is 11.4 Å². The zero-order chi connectivity index (χ0) is 18.8. The predicted molar refractivity (Wildman–Crippen MR) is 95.1 cm³/mol. The van der Waals surface area contributed by atoms with Crippen molar-refractivity contribution in [3.63, 3.8) is 0 Å². The monoisotopic (exact) mass is 350 g/mol. The molecule has 1 aromatic carbocycles. The summed E-state index contributed by atoms with van der Waals surface area (Å²) in [5, 5.41) is 27.3. The molecule has 0 amide bonds. The summed E-state index contributed by atoms with van der Waals surface area (Å²) in [6, 6.07) is 6.74. The highest BCUT2D eigenvalue weighted by atomic mass is 16.3. The second-order valence-electron chi connectivity index (χ2n) is 5.50. The van der Waals surface area contributed by atoms with Crippen molar-refractivity contribution in [2.75, 3.05) is 0 Å². The van der Waals surface area contributed by atoms with Crippen LogP contribution >= 0.6 is 0 Å². The van der Waals surface area contributed by atoms with Crippen molar-refractivity contribution in [1.82, 2.24) is 14.5 Å². The molecule has 0 unspecified atom stereocenters. The molecule has 0 fully saturated rings. The summed E-state index contributed by atoms with van der Waals surface area (Å²) in [7, 11) is 0. The van der Waals surface area contributed by atoms with E-state index in [1.807, 2.05) is 6.07 Å². The largest absolute Gasteiger partial charge is 0.493 e. The molecule has 0 atom stereocenters. The Kier molecular flexibility index (Phi) is 4.24. The van der Waals surface area contributed by atoms with Crippen LogP contribution in [-0.2, 0) is 6.54 Å². The Morgan fingerprint density at radius 3 is 2.73 bits per heavy atom. The van der Waals surface area contributed by atoms with Crippen molar-refractivity contribution in [3.8, 4) is 11.9 Å². The van der Waals surface area contributed by atoms with E-state index < -0.39 is 11.4 Å². The highest BCUT2D eigenvalue weighted by molar-refractivity contribution is 5.77. The van der Waals surface area contributed by atoms with Crippen LogP contribution in [0.25, 0.3) is 11.0 Å². The Morgan fingerprint density at radius 2 is 2.04 bits per heavy atom. The third-order valence-corrected chi connectivity index (χ3v) is 3.85. The van der Waals surface area contributed by atoms with Crippen molar-refractivity contribution in [2.24, 2.45) is 10.2 Å². The zero-order valence-corrected chi connectivity index (χ0v) is 13.8. The molecule has 0 saturated heterocycles. The van der Waals surface area contributed by atoms with E-state index in [0.29, 0.717) is 16.7 Å². The maximum absolute atomic E-state index is 12.5. The minimum atomic E-state index is -0.584. The van der Waals surface area contributed by atoms with Crippen LogP contribution in [0.2, 0.25) is 0 Å². The first kappa shape index (κ1) is 16.9. The van der Waals surface area contributed by atoms with Gasteiger partial charge < -0.3 is 15.1 Å². The molecule has 3 aromatic rings. The number of aromatic nitrogens is 3. The summed E-state index contributed by atoms with van der Waals surface area (Å²) in [4.78, 5) is 29.1. The molecule has 0 radical (unpaired) electrons. The lowest BCUT2D eigenvalue weighted by atomic mass is 10.1. The molecule has 130 valence electrons. The van der Waals surface area contributed by atoms with Gasteiger partial charge in [0.25, 0.3) is 5.56 Å². The number of azo groups is 1. The van der Waals surface area contributed by atoms with Crippen LogP contribution in [-0.4, -0.2) is 19.6 Å². The minimum Gasteiger partial charge on any atom is -0.493 e. The normalized spacial score (nSPS) is 11.1. The van der Waals surface area contributed by atoms with Crippen LogP contribution in [0.1, 0.15) is 11.1 Å². The molecular formula is C17H14N6O3. The molecule has 2 heterocycles. The number of allylic oxidation sites excluding steroid dienone is 1. The average molecular weight is 350 g/mol. The Hall–Kier alpha value is -3.93. The first-order valence-electron chi connectivity index (χ1n) is 7.57. The second-order valence-corrected chi connectivity index (χ2v) is 5.50. The number of hydrogen-bond acceptors (Lipinski definition) is 6. The topological polar surface area (TPSA) is 139 Å². The Bertz CT molecular complexity index is 1210. The first-order valence-corrected chi connectivity index (χ1v) is 7.57. The molecule has 0 saturated carbocycles. The van der Waals surface area contributed by atoms with Crippen LogP contribution in [0, 0.1) is 18.3 Å². The maximum Gasteiger partial charge on any atom is 0.323 e. The van der Waals surface area contributed by atoms with Gasteiger partial charge in [0.05, 0.1) is 16.7 Å². The van der Waals surface area contributed by atoms with Gasteiger partial charge in [-0.05, 0) is 25.1 Å². The van der Waals surface area contributed by atoms with E-state index in [1.165, 1.54) is 13.0 Å². The van der Waals surface area contributed by atoms with Crippen LogP contribution < -0.4 is 11.2 Å². The zero-order valence-electron chi connectivity index (χ0n) is 13.8. The maximum atomic E-state index is 12.5. The van der Waals surface area contributed by atoms with E-state index in [4.69, 9.17) is 0 Å². The quantitative estimate of drug-likeness (QED) is 0.491. The van der Waals surface area contributed by atoms with Gasteiger partial charge in [-0.2, -0.15) is 10.4 Å². The van der Waals surface area contributed by atoms with Crippen molar-refractivity contribution in [2.45, 2.75) is 13.5 Å². The molecule has 26 heavy (non-hydrogen) atoms. The number of aromatic amines is 2. The number of nitriles is 1. The van der Waals surface area contributed by atoms with E-state index in [0.717, 1.165) is 4.57 Å². The number of hydrogen-bond donors (Lipinski definition) is 3. The van der Waals surface area contributed by atoms with Gasteiger partial charge in [-0.25, -0.2) is 4.79 Å². The molecule has 3 N–H and O–H groups in total. The number of nitrogens with zero attached hydrogens (tertiary/aromatic N) is 4. The number of rotatable bonds is 4. The lowest BCUT2D eigenvalue weighted by Gasteiger charge is -2.11. The number of H-pyrrole nitrogens is 2. The van der Waals surface area contributed by atoms with Gasteiger partial charge in [0.15, 0.2) is 5.69 Å². The van der Waals surface area contributed by atoms with Crippen LogP contribution in [0.3, 0.4) is 0 Å². The van der Waals surface area contributed by atoms with Gasteiger partial charge >= 0.3 is 5.69 Å². The number of imidazole rings is 1. The third kappa shape index (κ3) is 2.80. The highest BCUT2D eigenvalue weighted by Gasteiger charge is 2.18. The molecule has 0 aliphatic rings. The SMILES string of the molecule is C=CCn1c(O)c(C#N)c(C)c(N=Nc2ccc3[nH]c(=O)[nH]c3c2)c1=O. The highest BCUT2D eigenvalue weighted by Crippen LogP contribution is 2.27. The lowest BCUT2D eigenvalue weighted by molar-refractivity contribution is 0.414. The summed E-state index contributed by atoms with van der Waals surface area (Å²) in [5.41, 5.74) is 0.789. The average Bonchev–Trinajstić information content (AvgIpc) is 2.98. The van der Waals surface area contributed by atoms with Crippen molar-refractivity contribution < 1.29 is 5.11 Å². The van der Waals surface area contributed by atoms with Gasteiger partial charge in [0.2, 0.25) is 5.88 Å². The molecule has 0 bridgehead atoms. The summed E-state index contributed by atoms with van der Waals surface area (Å²) in [6.45, 7) is 5.07. The van der Waals surface area contributed by atoms with E-state index in [1.54, 1.807) is 18.2 Å². The van der Waals surface area contributed by atoms with Gasteiger partial charge in [0.1, 0.15) is 11.6 Å². The fourth-order valence-corrected chi connectivity index (χ4v) is 2.55. The summed E-state index contributed by atoms with van der Waals surface area (Å²) in [5.74, 6) is -0.430. The van der Waals surface area contributed by atoms with E-state index in [2.05, 4.69) is 26.8 Å². The molecule has 9 nitrogen and oxygen atoms in total. The summed E-state index contributed by atoms with van der Waals surface area (Å²) >= 11 is 0. The van der Waals surface area contributed by atoms with Crippen molar-refractivity contribution >= 4 is 22.4 Å². The van der Waals surface area contributed by atoms with Gasteiger partial charge in [0, 0.05) is 12.1 Å². The molecule has 3 rings (SSSR count). The summed E-state index contributed by atoms with van der Waals surface area (Å²) in [6.07, 6.45) is 1.43. The molecule has 2 aromatic heterocycles.